The van der Waals surface area contributed by atoms with Crippen LogP contribution >= 0.6 is 11.6 Å². The van der Waals surface area contributed by atoms with Crippen molar-refractivity contribution in [1.82, 2.24) is 4.90 Å². The second-order valence-corrected chi connectivity index (χ2v) is 6.84. The Morgan fingerprint density at radius 1 is 1.21 bits per heavy atom. The van der Waals surface area contributed by atoms with Gasteiger partial charge in [-0.15, -0.1) is 0 Å². The van der Waals surface area contributed by atoms with Gasteiger partial charge in [-0.2, -0.15) is 0 Å². The molecule has 6 nitrogen and oxygen atoms in total. The third-order valence-electron chi connectivity index (χ3n) is 4.32. The molecule has 1 atom stereocenters. The molecule has 0 bridgehead atoms. The molecule has 0 saturated carbocycles. The topological polar surface area (TPSA) is 75.7 Å². The van der Waals surface area contributed by atoms with Gasteiger partial charge in [-0.1, -0.05) is 35.9 Å². The average Bonchev–Trinajstić information content (AvgIpc) is 3.02. The summed E-state index contributed by atoms with van der Waals surface area (Å²) in [5.41, 5.74) is 1.06. The molecule has 2 aromatic rings. The number of amides is 2. The van der Waals surface area contributed by atoms with Crippen LogP contribution in [0, 0.1) is 11.7 Å². The van der Waals surface area contributed by atoms with E-state index in [1.165, 1.54) is 18.2 Å². The molecule has 2 amide bonds. The summed E-state index contributed by atoms with van der Waals surface area (Å²) in [7, 11) is 0. The summed E-state index contributed by atoms with van der Waals surface area (Å²) in [6.45, 7) is 0.00129. The third-order valence-corrected chi connectivity index (χ3v) is 4.69. The van der Waals surface area contributed by atoms with Gasteiger partial charge in [0.25, 0.3) is 5.91 Å². The van der Waals surface area contributed by atoms with Gasteiger partial charge in [-0.05, 0) is 29.8 Å². The minimum Gasteiger partial charge on any atom is -0.455 e. The van der Waals surface area contributed by atoms with Gasteiger partial charge in [0.15, 0.2) is 6.61 Å². The molecule has 1 aliphatic rings. The van der Waals surface area contributed by atoms with Crippen LogP contribution in [0.4, 0.5) is 10.1 Å². The number of anilines is 1. The summed E-state index contributed by atoms with van der Waals surface area (Å²) in [5.74, 6) is -2.51. The van der Waals surface area contributed by atoms with Crippen LogP contribution in [-0.4, -0.2) is 35.8 Å². The Balaban J connectivity index is 1.49. The van der Waals surface area contributed by atoms with Crippen LogP contribution in [0.5, 0.6) is 0 Å². The van der Waals surface area contributed by atoms with Crippen molar-refractivity contribution >= 4 is 35.1 Å². The van der Waals surface area contributed by atoms with Gasteiger partial charge in [0.1, 0.15) is 5.82 Å². The number of likely N-dealkylation sites (tertiary alicyclic amines) is 1. The molecule has 0 spiro atoms. The Morgan fingerprint density at radius 2 is 2.00 bits per heavy atom. The second-order valence-electron chi connectivity index (χ2n) is 6.43. The van der Waals surface area contributed by atoms with Gasteiger partial charge >= 0.3 is 5.97 Å². The highest BCUT2D eigenvalue weighted by Crippen LogP contribution is 2.24. The maximum absolute atomic E-state index is 13.1. The van der Waals surface area contributed by atoms with E-state index in [2.05, 4.69) is 5.32 Å². The van der Waals surface area contributed by atoms with E-state index < -0.39 is 30.2 Å². The van der Waals surface area contributed by atoms with Crippen molar-refractivity contribution in [1.29, 1.82) is 0 Å². The monoisotopic (exact) mass is 404 g/mol. The first kappa shape index (κ1) is 19.8. The molecule has 1 fully saturated rings. The Bertz CT molecular complexity index is 905. The van der Waals surface area contributed by atoms with Crippen molar-refractivity contribution in [2.45, 2.75) is 13.0 Å². The number of rotatable bonds is 6. The predicted molar refractivity (Wildman–Crippen MR) is 101 cm³/mol. The summed E-state index contributed by atoms with van der Waals surface area (Å²) >= 11 is 6.11. The number of halogens is 2. The van der Waals surface area contributed by atoms with Gasteiger partial charge in [0.2, 0.25) is 5.91 Å². The fourth-order valence-corrected chi connectivity index (χ4v) is 3.13. The summed E-state index contributed by atoms with van der Waals surface area (Å²) < 4.78 is 18.1. The number of hydrogen-bond acceptors (Lipinski definition) is 4. The number of benzene rings is 2. The molecule has 0 aliphatic carbocycles. The van der Waals surface area contributed by atoms with Crippen LogP contribution < -0.4 is 5.32 Å². The van der Waals surface area contributed by atoms with Gasteiger partial charge in [0.05, 0.1) is 5.92 Å². The molecule has 3 rings (SSSR count). The van der Waals surface area contributed by atoms with Crippen LogP contribution in [0.2, 0.25) is 5.02 Å². The molecular weight excluding hydrogens is 387 g/mol. The summed E-state index contributed by atoms with van der Waals surface area (Å²) in [6, 6.07) is 12.6. The van der Waals surface area contributed by atoms with E-state index in [9.17, 15) is 18.8 Å². The molecule has 1 saturated heterocycles. The Kier molecular flexibility index (Phi) is 6.26. The molecule has 146 valence electrons. The summed E-state index contributed by atoms with van der Waals surface area (Å²) in [6.07, 6.45) is 0.0226. The third kappa shape index (κ3) is 5.07. The smallest absolute Gasteiger partial charge is 0.311 e. The lowest BCUT2D eigenvalue weighted by molar-refractivity contribution is -0.151. The summed E-state index contributed by atoms with van der Waals surface area (Å²) in [5, 5.41) is 2.99. The van der Waals surface area contributed by atoms with Gasteiger partial charge in [-0.25, -0.2) is 4.39 Å². The average molecular weight is 405 g/mol. The number of esters is 1. The molecule has 2 aromatic carbocycles. The van der Waals surface area contributed by atoms with Crippen LogP contribution in [0.1, 0.15) is 12.0 Å². The van der Waals surface area contributed by atoms with Gasteiger partial charge in [-0.3, -0.25) is 14.4 Å². The van der Waals surface area contributed by atoms with Crippen LogP contribution in [-0.2, 0) is 25.7 Å². The van der Waals surface area contributed by atoms with Crippen LogP contribution in [0.15, 0.2) is 48.5 Å². The quantitative estimate of drug-likeness (QED) is 0.751. The number of carbonyl (C=O) groups excluding carboxylic acids is 3. The molecule has 0 unspecified atom stereocenters. The second kappa shape index (κ2) is 8.84. The highest BCUT2D eigenvalue weighted by molar-refractivity contribution is 6.31. The van der Waals surface area contributed by atoms with Crippen molar-refractivity contribution in [2.24, 2.45) is 5.92 Å². The molecular formula is C20H18ClFN2O4. The lowest BCUT2D eigenvalue weighted by atomic mass is 10.1. The van der Waals surface area contributed by atoms with Crippen molar-refractivity contribution in [2.75, 3.05) is 18.5 Å². The van der Waals surface area contributed by atoms with E-state index in [0.717, 1.165) is 11.6 Å². The molecule has 1 heterocycles. The number of hydrogen-bond donors (Lipinski definition) is 1. The van der Waals surface area contributed by atoms with E-state index in [-0.39, 0.29) is 24.6 Å². The number of carbonyl (C=O) groups is 3. The Labute approximate surface area is 166 Å². The Hall–Kier alpha value is -2.93. The van der Waals surface area contributed by atoms with Crippen molar-refractivity contribution in [3.05, 3.63) is 64.9 Å². The molecule has 1 N–H and O–H groups in total. The molecule has 0 aromatic heterocycles. The first-order chi connectivity index (χ1) is 13.4. The van der Waals surface area contributed by atoms with E-state index >= 15 is 0 Å². The minimum absolute atomic E-state index is 0.0226. The number of nitrogens with one attached hydrogen (secondary N) is 1. The molecule has 1 aliphatic heterocycles. The van der Waals surface area contributed by atoms with E-state index in [1.54, 1.807) is 17.0 Å². The number of nitrogens with zero attached hydrogens (tertiary/aromatic N) is 1. The van der Waals surface area contributed by atoms with Crippen molar-refractivity contribution in [3.63, 3.8) is 0 Å². The highest BCUT2D eigenvalue weighted by Gasteiger charge is 2.35. The first-order valence-electron chi connectivity index (χ1n) is 8.65. The van der Waals surface area contributed by atoms with Gasteiger partial charge < -0.3 is 15.0 Å². The Morgan fingerprint density at radius 3 is 2.75 bits per heavy atom. The minimum atomic E-state index is -0.642. The summed E-state index contributed by atoms with van der Waals surface area (Å²) in [4.78, 5) is 37.8. The fourth-order valence-electron chi connectivity index (χ4n) is 2.93. The number of ether oxygens (including phenoxy) is 1. The standard InChI is InChI=1S/C20H18ClFN2O4/c21-17-7-2-1-4-13(17)10-24-11-14(8-19(24)26)20(27)28-12-18(25)23-16-6-3-5-15(22)9-16/h1-7,9,14H,8,10-12H2,(H,23,25)/t14-/m1/s1. The molecule has 28 heavy (non-hydrogen) atoms. The predicted octanol–water partition coefficient (Wildman–Crippen LogP) is 3.01. The zero-order chi connectivity index (χ0) is 20.1. The fraction of sp³-hybridized carbons (Fsp3) is 0.250. The largest absolute Gasteiger partial charge is 0.455 e. The highest BCUT2D eigenvalue weighted by atomic mass is 35.5. The molecule has 0 radical (unpaired) electrons. The molecule has 8 heteroatoms. The lowest BCUT2D eigenvalue weighted by Crippen LogP contribution is -2.28. The van der Waals surface area contributed by atoms with E-state index in [4.69, 9.17) is 16.3 Å². The van der Waals surface area contributed by atoms with Crippen LogP contribution in [0.25, 0.3) is 0 Å². The van der Waals surface area contributed by atoms with Crippen LogP contribution in [0.3, 0.4) is 0 Å². The SMILES string of the molecule is O=C(COC(=O)[C@@H]1CC(=O)N(Cc2ccccc2Cl)C1)Nc1cccc(F)c1. The lowest BCUT2D eigenvalue weighted by Gasteiger charge is -2.17. The zero-order valence-electron chi connectivity index (χ0n) is 14.9. The van der Waals surface area contributed by atoms with Crippen molar-refractivity contribution < 1.29 is 23.5 Å². The maximum Gasteiger partial charge on any atom is 0.311 e. The van der Waals surface area contributed by atoms with E-state index in [0.29, 0.717) is 11.6 Å². The maximum atomic E-state index is 13.1. The first-order valence-corrected chi connectivity index (χ1v) is 9.03. The van der Waals surface area contributed by atoms with Gasteiger partial charge in [0, 0.05) is 30.2 Å². The van der Waals surface area contributed by atoms with Crippen molar-refractivity contribution in [3.8, 4) is 0 Å². The zero-order valence-corrected chi connectivity index (χ0v) is 15.6. The van der Waals surface area contributed by atoms with E-state index in [1.807, 2.05) is 12.1 Å². The normalized spacial score (nSPS) is 16.1.